The molecule has 2 aromatic carbocycles. The standard InChI is InChI=1S/C20H21ClN2O/c21-17-12-14(7-9-18(17)22)20(24)23-11-3-6-16-15-5-2-1-4-13(15)8-10-19(16)23/h1-2,4-5,7,9,12,16,19H,3,6,8,10-11,22H2/t16?,19-/m0/s1. The molecule has 2 atom stereocenters. The van der Waals surface area contributed by atoms with Crippen molar-refractivity contribution in [2.75, 3.05) is 12.3 Å². The van der Waals surface area contributed by atoms with Gasteiger partial charge in [0.2, 0.25) is 0 Å². The second-order valence-electron chi connectivity index (χ2n) is 6.79. The molecule has 0 spiro atoms. The molecule has 2 aliphatic rings. The van der Waals surface area contributed by atoms with E-state index in [-0.39, 0.29) is 11.9 Å². The summed E-state index contributed by atoms with van der Waals surface area (Å²) in [7, 11) is 0. The van der Waals surface area contributed by atoms with Gasteiger partial charge in [0.1, 0.15) is 0 Å². The SMILES string of the molecule is Nc1ccc(C(=O)N2CCCC3c4ccccc4CC[C@@H]32)cc1Cl. The van der Waals surface area contributed by atoms with Gasteiger partial charge < -0.3 is 10.6 Å². The predicted octanol–water partition coefficient (Wildman–Crippen LogP) is 4.26. The first-order valence-electron chi connectivity index (χ1n) is 8.59. The Labute approximate surface area is 147 Å². The smallest absolute Gasteiger partial charge is 0.254 e. The Balaban J connectivity index is 1.64. The molecule has 3 nitrogen and oxygen atoms in total. The highest BCUT2D eigenvalue weighted by molar-refractivity contribution is 6.33. The van der Waals surface area contributed by atoms with Crippen molar-refractivity contribution in [1.29, 1.82) is 0 Å². The number of carbonyl (C=O) groups excluding carboxylic acids is 1. The molecule has 4 rings (SSSR count). The maximum Gasteiger partial charge on any atom is 0.254 e. The van der Waals surface area contributed by atoms with Crippen molar-refractivity contribution in [1.82, 2.24) is 4.90 Å². The van der Waals surface area contributed by atoms with Gasteiger partial charge >= 0.3 is 0 Å². The lowest BCUT2D eigenvalue weighted by molar-refractivity contribution is 0.0547. The van der Waals surface area contributed by atoms with E-state index in [0.717, 1.165) is 32.2 Å². The van der Waals surface area contributed by atoms with Crippen LogP contribution in [0.2, 0.25) is 5.02 Å². The second kappa shape index (κ2) is 6.14. The Morgan fingerprint density at radius 3 is 2.83 bits per heavy atom. The molecule has 1 amide bonds. The molecule has 1 unspecified atom stereocenters. The van der Waals surface area contributed by atoms with Crippen LogP contribution in [-0.2, 0) is 6.42 Å². The monoisotopic (exact) mass is 340 g/mol. The Kier molecular flexibility index (Phi) is 3.97. The van der Waals surface area contributed by atoms with Crippen LogP contribution in [0.25, 0.3) is 0 Å². The van der Waals surface area contributed by atoms with E-state index in [9.17, 15) is 4.79 Å². The van der Waals surface area contributed by atoms with Crippen molar-refractivity contribution < 1.29 is 4.79 Å². The first-order valence-corrected chi connectivity index (χ1v) is 8.97. The number of nitrogen functional groups attached to an aromatic ring is 1. The van der Waals surface area contributed by atoms with Gasteiger partial charge in [-0.3, -0.25) is 4.79 Å². The van der Waals surface area contributed by atoms with Crippen LogP contribution in [-0.4, -0.2) is 23.4 Å². The zero-order valence-electron chi connectivity index (χ0n) is 13.5. The molecule has 4 heteroatoms. The lowest BCUT2D eigenvalue weighted by Crippen LogP contribution is -2.49. The highest BCUT2D eigenvalue weighted by Crippen LogP contribution is 2.41. The third kappa shape index (κ3) is 2.57. The number of fused-ring (bicyclic) bond motifs is 3. The molecule has 0 saturated carbocycles. The largest absolute Gasteiger partial charge is 0.398 e. The first-order chi connectivity index (χ1) is 11.6. The minimum Gasteiger partial charge on any atom is -0.398 e. The summed E-state index contributed by atoms with van der Waals surface area (Å²) in [6.07, 6.45) is 4.29. The van der Waals surface area contributed by atoms with Crippen LogP contribution in [0, 0.1) is 0 Å². The number of hydrogen-bond acceptors (Lipinski definition) is 2. The van der Waals surface area contributed by atoms with E-state index in [1.165, 1.54) is 11.1 Å². The molecule has 0 bridgehead atoms. The number of carbonyl (C=O) groups is 1. The average molecular weight is 341 g/mol. The number of piperidine rings is 1. The zero-order valence-corrected chi connectivity index (χ0v) is 14.3. The van der Waals surface area contributed by atoms with Crippen LogP contribution in [0.5, 0.6) is 0 Å². The molecular weight excluding hydrogens is 320 g/mol. The molecule has 24 heavy (non-hydrogen) atoms. The number of nitrogens with zero attached hydrogens (tertiary/aromatic N) is 1. The molecule has 124 valence electrons. The Hall–Kier alpha value is -2.00. The summed E-state index contributed by atoms with van der Waals surface area (Å²) in [6, 6.07) is 14.2. The maximum absolute atomic E-state index is 13.1. The molecule has 1 aliphatic heterocycles. The summed E-state index contributed by atoms with van der Waals surface area (Å²) in [5.74, 6) is 0.530. The molecule has 2 N–H and O–H groups in total. The van der Waals surface area contributed by atoms with Crippen LogP contribution in [0.4, 0.5) is 5.69 Å². The van der Waals surface area contributed by atoms with Crippen molar-refractivity contribution in [3.63, 3.8) is 0 Å². The predicted molar refractivity (Wildman–Crippen MR) is 97.4 cm³/mol. The average Bonchev–Trinajstić information content (AvgIpc) is 2.62. The maximum atomic E-state index is 13.1. The zero-order chi connectivity index (χ0) is 16.7. The van der Waals surface area contributed by atoms with Crippen molar-refractivity contribution in [3.05, 3.63) is 64.2 Å². The lowest BCUT2D eigenvalue weighted by Gasteiger charge is -2.45. The van der Waals surface area contributed by atoms with Crippen molar-refractivity contribution in [2.45, 2.75) is 37.6 Å². The minimum atomic E-state index is 0.0750. The molecule has 2 aromatic rings. The van der Waals surface area contributed by atoms with Crippen LogP contribution in [0.15, 0.2) is 42.5 Å². The summed E-state index contributed by atoms with van der Waals surface area (Å²) in [6.45, 7) is 0.824. The summed E-state index contributed by atoms with van der Waals surface area (Å²) in [5.41, 5.74) is 9.79. The normalized spacial score (nSPS) is 22.6. The van der Waals surface area contributed by atoms with E-state index in [1.807, 2.05) is 0 Å². The number of aryl methyl sites for hydroxylation is 1. The number of halogens is 1. The van der Waals surface area contributed by atoms with Gasteiger partial charge in [-0.25, -0.2) is 0 Å². The number of nitrogens with two attached hydrogens (primary N) is 1. The molecule has 0 radical (unpaired) electrons. The molecule has 1 aliphatic carbocycles. The van der Waals surface area contributed by atoms with E-state index < -0.39 is 0 Å². The van der Waals surface area contributed by atoms with Gasteiger partial charge in [0.25, 0.3) is 5.91 Å². The van der Waals surface area contributed by atoms with E-state index in [4.69, 9.17) is 17.3 Å². The fourth-order valence-corrected chi connectivity index (χ4v) is 4.46. The third-order valence-corrected chi connectivity index (χ3v) is 5.78. The third-order valence-electron chi connectivity index (χ3n) is 5.45. The van der Waals surface area contributed by atoms with Crippen LogP contribution in [0.1, 0.15) is 46.7 Å². The lowest BCUT2D eigenvalue weighted by atomic mass is 9.74. The number of amides is 1. The molecular formula is C20H21ClN2O. The summed E-state index contributed by atoms with van der Waals surface area (Å²) in [4.78, 5) is 15.1. The van der Waals surface area contributed by atoms with Crippen molar-refractivity contribution in [3.8, 4) is 0 Å². The topological polar surface area (TPSA) is 46.3 Å². The quantitative estimate of drug-likeness (QED) is 0.788. The Morgan fingerprint density at radius 2 is 2.00 bits per heavy atom. The van der Waals surface area contributed by atoms with Gasteiger partial charge in [-0.2, -0.15) is 0 Å². The number of hydrogen-bond donors (Lipinski definition) is 1. The van der Waals surface area contributed by atoms with Crippen molar-refractivity contribution in [2.24, 2.45) is 0 Å². The van der Waals surface area contributed by atoms with Gasteiger partial charge in [-0.1, -0.05) is 35.9 Å². The second-order valence-corrected chi connectivity index (χ2v) is 7.20. The van der Waals surface area contributed by atoms with E-state index in [0.29, 0.717) is 22.2 Å². The Bertz CT molecular complexity index is 789. The van der Waals surface area contributed by atoms with Gasteiger partial charge in [0.15, 0.2) is 0 Å². The van der Waals surface area contributed by atoms with E-state index in [2.05, 4.69) is 29.2 Å². The first kappa shape index (κ1) is 15.5. The van der Waals surface area contributed by atoms with E-state index in [1.54, 1.807) is 18.2 Å². The fraction of sp³-hybridized carbons (Fsp3) is 0.350. The van der Waals surface area contributed by atoms with E-state index >= 15 is 0 Å². The van der Waals surface area contributed by atoms with Gasteiger partial charge in [-0.15, -0.1) is 0 Å². The van der Waals surface area contributed by atoms with Crippen LogP contribution in [0.3, 0.4) is 0 Å². The van der Waals surface area contributed by atoms with Gasteiger partial charge in [-0.05, 0) is 55.0 Å². The molecule has 1 fully saturated rings. The fourth-order valence-electron chi connectivity index (χ4n) is 4.28. The van der Waals surface area contributed by atoms with Gasteiger partial charge in [0, 0.05) is 24.1 Å². The van der Waals surface area contributed by atoms with Gasteiger partial charge in [0.05, 0.1) is 10.7 Å². The minimum absolute atomic E-state index is 0.0750. The number of anilines is 1. The molecule has 1 heterocycles. The highest BCUT2D eigenvalue weighted by Gasteiger charge is 2.38. The summed E-state index contributed by atoms with van der Waals surface area (Å²) in [5, 5.41) is 0.448. The van der Waals surface area contributed by atoms with Crippen LogP contribution >= 0.6 is 11.6 Å². The Morgan fingerprint density at radius 1 is 1.17 bits per heavy atom. The number of likely N-dealkylation sites (tertiary alicyclic amines) is 1. The number of benzene rings is 2. The van der Waals surface area contributed by atoms with Crippen LogP contribution < -0.4 is 5.73 Å². The molecule has 1 saturated heterocycles. The van der Waals surface area contributed by atoms with Crippen molar-refractivity contribution >= 4 is 23.2 Å². The highest BCUT2D eigenvalue weighted by atomic mass is 35.5. The summed E-state index contributed by atoms with van der Waals surface area (Å²) >= 11 is 6.11. The summed E-state index contributed by atoms with van der Waals surface area (Å²) < 4.78 is 0. The number of rotatable bonds is 1. The molecule has 0 aromatic heterocycles.